The highest BCUT2D eigenvalue weighted by Crippen LogP contribution is 2.22. The zero-order chi connectivity index (χ0) is 8.59. The molecule has 0 aliphatic carbocycles. The van der Waals surface area contributed by atoms with E-state index in [1.807, 2.05) is 0 Å². The minimum Gasteiger partial charge on any atom is -0.477 e. The summed E-state index contributed by atoms with van der Waals surface area (Å²) in [6.45, 7) is 3.34. The molecule has 0 atom stereocenters. The third-order valence-corrected chi connectivity index (χ3v) is 1.63. The second-order valence-corrected chi connectivity index (χ2v) is 2.33. The molecule has 0 bridgehead atoms. The molecule has 1 heterocycles. The molecule has 0 unspecified atom stereocenters. The second-order valence-electron chi connectivity index (χ2n) is 2.33. The number of hydrogen-bond donors (Lipinski definition) is 2. The lowest BCUT2D eigenvalue weighted by atomic mass is 10.2. The molecule has 1 aromatic heterocycles. The quantitative estimate of drug-likeness (QED) is 0.638. The summed E-state index contributed by atoms with van der Waals surface area (Å²) in [6.07, 6.45) is 0. The summed E-state index contributed by atoms with van der Waals surface area (Å²) in [5, 5.41) is 8.62. The zero-order valence-corrected chi connectivity index (χ0v) is 6.34. The number of carboxylic acids is 1. The van der Waals surface area contributed by atoms with E-state index in [9.17, 15) is 4.79 Å². The minimum atomic E-state index is -1.04. The molecule has 4 nitrogen and oxygen atoms in total. The average molecular weight is 155 g/mol. The molecule has 0 aromatic carbocycles. The molecule has 0 saturated heterocycles. The molecule has 0 radical (unpaired) electrons. The Kier molecular flexibility index (Phi) is 1.60. The van der Waals surface area contributed by atoms with Crippen molar-refractivity contribution < 1.29 is 14.3 Å². The predicted molar refractivity (Wildman–Crippen MR) is 39.6 cm³/mol. The van der Waals surface area contributed by atoms with E-state index in [1.54, 1.807) is 13.8 Å². The Morgan fingerprint density at radius 3 is 2.27 bits per heavy atom. The summed E-state index contributed by atoms with van der Waals surface area (Å²) in [4.78, 5) is 10.5. The number of anilines is 1. The van der Waals surface area contributed by atoms with Crippen molar-refractivity contribution in [3.63, 3.8) is 0 Å². The summed E-state index contributed by atoms with van der Waals surface area (Å²) < 4.78 is 4.90. The van der Waals surface area contributed by atoms with Crippen LogP contribution in [0.4, 0.5) is 5.88 Å². The van der Waals surface area contributed by atoms with Crippen LogP contribution in [-0.2, 0) is 0 Å². The molecule has 0 fully saturated rings. The van der Waals surface area contributed by atoms with Gasteiger partial charge in [0.1, 0.15) is 11.3 Å². The molecule has 0 saturated carbocycles. The molecule has 0 aliphatic heterocycles. The summed E-state index contributed by atoms with van der Waals surface area (Å²) in [7, 11) is 0. The fraction of sp³-hybridized carbons (Fsp3) is 0.286. The van der Waals surface area contributed by atoms with E-state index in [4.69, 9.17) is 15.3 Å². The third-order valence-electron chi connectivity index (χ3n) is 1.63. The molecule has 4 heteroatoms. The van der Waals surface area contributed by atoms with Gasteiger partial charge in [-0.05, 0) is 13.8 Å². The normalized spacial score (nSPS) is 10.0. The number of hydrogen-bond acceptors (Lipinski definition) is 3. The standard InChI is InChI=1S/C7H9NO3/c1-3-4(2)11-6(8)5(3)7(9)10/h8H2,1-2H3,(H,9,10). The topological polar surface area (TPSA) is 76.5 Å². The van der Waals surface area contributed by atoms with E-state index in [2.05, 4.69) is 0 Å². The number of rotatable bonds is 1. The van der Waals surface area contributed by atoms with Crippen molar-refractivity contribution in [1.29, 1.82) is 0 Å². The monoisotopic (exact) mass is 155 g/mol. The number of carbonyl (C=O) groups is 1. The van der Waals surface area contributed by atoms with Gasteiger partial charge in [0, 0.05) is 5.56 Å². The fourth-order valence-corrected chi connectivity index (χ4v) is 0.919. The molecule has 0 amide bonds. The maximum atomic E-state index is 10.5. The highest BCUT2D eigenvalue weighted by molar-refractivity contribution is 5.94. The van der Waals surface area contributed by atoms with Gasteiger partial charge in [-0.25, -0.2) is 4.79 Å². The Labute approximate surface area is 63.6 Å². The second kappa shape index (κ2) is 2.30. The van der Waals surface area contributed by atoms with Crippen LogP contribution in [0, 0.1) is 13.8 Å². The van der Waals surface area contributed by atoms with Crippen LogP contribution in [0.15, 0.2) is 4.42 Å². The van der Waals surface area contributed by atoms with E-state index in [-0.39, 0.29) is 11.4 Å². The van der Waals surface area contributed by atoms with Gasteiger partial charge in [0.25, 0.3) is 0 Å². The number of nitrogen functional groups attached to an aromatic ring is 1. The highest BCUT2D eigenvalue weighted by Gasteiger charge is 2.17. The largest absolute Gasteiger partial charge is 0.477 e. The summed E-state index contributed by atoms with van der Waals surface area (Å²) >= 11 is 0. The lowest BCUT2D eigenvalue weighted by Gasteiger charge is -1.89. The molecule has 1 rings (SSSR count). The van der Waals surface area contributed by atoms with E-state index in [1.165, 1.54) is 0 Å². The summed E-state index contributed by atoms with van der Waals surface area (Å²) in [6, 6.07) is 0. The van der Waals surface area contributed by atoms with E-state index in [0.29, 0.717) is 11.3 Å². The molecule has 60 valence electrons. The predicted octanol–water partition coefficient (Wildman–Crippen LogP) is 1.18. The first-order valence-electron chi connectivity index (χ1n) is 3.12. The number of furan rings is 1. The Balaban J connectivity index is 3.34. The van der Waals surface area contributed by atoms with Gasteiger partial charge in [0.15, 0.2) is 0 Å². The smallest absolute Gasteiger partial charge is 0.341 e. The number of aryl methyl sites for hydroxylation is 1. The van der Waals surface area contributed by atoms with Crippen molar-refractivity contribution >= 4 is 11.9 Å². The molecular weight excluding hydrogens is 146 g/mol. The van der Waals surface area contributed by atoms with Crippen molar-refractivity contribution in [2.75, 3.05) is 5.73 Å². The van der Waals surface area contributed by atoms with Crippen LogP contribution in [0.2, 0.25) is 0 Å². The van der Waals surface area contributed by atoms with Crippen molar-refractivity contribution in [2.24, 2.45) is 0 Å². The van der Waals surface area contributed by atoms with Crippen LogP contribution in [0.25, 0.3) is 0 Å². The third kappa shape index (κ3) is 1.07. The van der Waals surface area contributed by atoms with Gasteiger partial charge in [-0.2, -0.15) is 0 Å². The Morgan fingerprint density at radius 1 is 1.55 bits per heavy atom. The Bertz CT molecular complexity index is 301. The summed E-state index contributed by atoms with van der Waals surface area (Å²) in [5.41, 5.74) is 5.96. The SMILES string of the molecule is Cc1oc(N)c(C(=O)O)c1C. The van der Waals surface area contributed by atoms with Gasteiger partial charge < -0.3 is 15.3 Å². The van der Waals surface area contributed by atoms with Gasteiger partial charge >= 0.3 is 5.97 Å². The van der Waals surface area contributed by atoms with Crippen molar-refractivity contribution in [3.8, 4) is 0 Å². The first-order chi connectivity index (χ1) is 5.04. The van der Waals surface area contributed by atoms with Gasteiger partial charge in [0.2, 0.25) is 5.88 Å². The Hall–Kier alpha value is -1.45. The molecule has 3 N–H and O–H groups in total. The van der Waals surface area contributed by atoms with Gasteiger partial charge in [0.05, 0.1) is 0 Å². The van der Waals surface area contributed by atoms with E-state index >= 15 is 0 Å². The first kappa shape index (κ1) is 7.65. The van der Waals surface area contributed by atoms with Gasteiger partial charge in [-0.3, -0.25) is 0 Å². The van der Waals surface area contributed by atoms with Gasteiger partial charge in [-0.1, -0.05) is 0 Å². The maximum Gasteiger partial charge on any atom is 0.341 e. The molecule has 1 aromatic rings. The number of nitrogens with two attached hydrogens (primary N) is 1. The first-order valence-corrected chi connectivity index (χ1v) is 3.12. The van der Waals surface area contributed by atoms with Crippen LogP contribution in [0.1, 0.15) is 21.7 Å². The van der Waals surface area contributed by atoms with Crippen molar-refractivity contribution in [1.82, 2.24) is 0 Å². The number of aromatic carboxylic acids is 1. The van der Waals surface area contributed by atoms with Crippen LogP contribution in [-0.4, -0.2) is 11.1 Å². The highest BCUT2D eigenvalue weighted by atomic mass is 16.4. The lowest BCUT2D eigenvalue weighted by Crippen LogP contribution is -2.00. The van der Waals surface area contributed by atoms with Crippen molar-refractivity contribution in [3.05, 3.63) is 16.9 Å². The number of carboxylic acid groups (broad SMARTS) is 1. The summed E-state index contributed by atoms with van der Waals surface area (Å²) in [5.74, 6) is -0.510. The average Bonchev–Trinajstić information content (AvgIpc) is 2.07. The van der Waals surface area contributed by atoms with Crippen molar-refractivity contribution in [2.45, 2.75) is 13.8 Å². The lowest BCUT2D eigenvalue weighted by molar-refractivity contribution is 0.0697. The van der Waals surface area contributed by atoms with E-state index < -0.39 is 5.97 Å². The fourth-order valence-electron chi connectivity index (χ4n) is 0.919. The van der Waals surface area contributed by atoms with E-state index in [0.717, 1.165) is 0 Å². The molecule has 11 heavy (non-hydrogen) atoms. The maximum absolute atomic E-state index is 10.5. The zero-order valence-electron chi connectivity index (χ0n) is 6.34. The molecule has 0 aliphatic rings. The van der Waals surface area contributed by atoms with Crippen LogP contribution in [0.3, 0.4) is 0 Å². The van der Waals surface area contributed by atoms with Crippen LogP contribution >= 0.6 is 0 Å². The minimum absolute atomic E-state index is 0.0208. The van der Waals surface area contributed by atoms with Gasteiger partial charge in [-0.15, -0.1) is 0 Å². The van der Waals surface area contributed by atoms with Crippen LogP contribution in [0.5, 0.6) is 0 Å². The van der Waals surface area contributed by atoms with Crippen LogP contribution < -0.4 is 5.73 Å². The molecular formula is C7H9NO3. The molecule has 0 spiro atoms. The Morgan fingerprint density at radius 2 is 2.09 bits per heavy atom.